The lowest BCUT2D eigenvalue weighted by molar-refractivity contribution is -0.122. The number of para-hydroxylation sites is 1. The highest BCUT2D eigenvalue weighted by molar-refractivity contribution is 7.92. The molecule has 0 unspecified atom stereocenters. The predicted molar refractivity (Wildman–Crippen MR) is 107 cm³/mol. The summed E-state index contributed by atoms with van der Waals surface area (Å²) < 4.78 is 31.4. The first-order valence-corrected chi connectivity index (χ1v) is 10.8. The molecule has 2 aromatic rings. The number of amides is 1. The topological polar surface area (TPSA) is 75.7 Å². The molecule has 2 aromatic carbocycles. The quantitative estimate of drug-likeness (QED) is 0.714. The third-order valence-corrected chi connectivity index (χ3v) is 5.20. The fourth-order valence-corrected chi connectivity index (χ4v) is 4.07. The Bertz CT molecular complexity index is 853. The average Bonchev–Trinajstić information content (AvgIpc) is 2.64. The van der Waals surface area contributed by atoms with Gasteiger partial charge in [-0.05, 0) is 43.2 Å². The lowest BCUT2D eigenvalue weighted by Crippen LogP contribution is -2.49. The normalized spacial score (nSPS) is 12.3. The molecule has 0 saturated carbocycles. The van der Waals surface area contributed by atoms with Crippen LogP contribution in [0.4, 0.5) is 5.69 Å². The van der Waals surface area contributed by atoms with Crippen LogP contribution in [-0.2, 0) is 21.4 Å². The first kappa shape index (κ1) is 20.8. The van der Waals surface area contributed by atoms with Gasteiger partial charge in [-0.25, -0.2) is 8.42 Å². The van der Waals surface area contributed by atoms with Gasteiger partial charge in [0.25, 0.3) is 0 Å². The van der Waals surface area contributed by atoms with Gasteiger partial charge in [0.1, 0.15) is 11.8 Å². The number of ether oxygens (including phenoxy) is 1. The van der Waals surface area contributed by atoms with Gasteiger partial charge in [-0.2, -0.15) is 0 Å². The molecule has 6 nitrogen and oxygen atoms in total. The summed E-state index contributed by atoms with van der Waals surface area (Å²) in [5.41, 5.74) is 1.36. The second-order valence-corrected chi connectivity index (χ2v) is 7.98. The number of benzene rings is 2. The van der Waals surface area contributed by atoms with Crippen molar-refractivity contribution < 1.29 is 17.9 Å². The van der Waals surface area contributed by atoms with Crippen molar-refractivity contribution in [2.45, 2.75) is 32.9 Å². The van der Waals surface area contributed by atoms with E-state index in [1.54, 1.807) is 37.3 Å². The number of sulfonamides is 1. The van der Waals surface area contributed by atoms with Crippen molar-refractivity contribution in [3.8, 4) is 5.75 Å². The number of nitrogens with zero attached hydrogens (tertiary/aromatic N) is 1. The molecule has 0 radical (unpaired) electrons. The Kier molecular flexibility index (Phi) is 7.24. The van der Waals surface area contributed by atoms with E-state index in [4.69, 9.17) is 4.74 Å². The van der Waals surface area contributed by atoms with Crippen LogP contribution in [-0.4, -0.2) is 33.2 Å². The van der Waals surface area contributed by atoms with Crippen LogP contribution in [0.2, 0.25) is 0 Å². The van der Waals surface area contributed by atoms with E-state index in [1.807, 2.05) is 31.2 Å². The van der Waals surface area contributed by atoms with Crippen LogP contribution in [0.3, 0.4) is 0 Å². The first-order valence-electron chi connectivity index (χ1n) is 8.90. The van der Waals surface area contributed by atoms with E-state index in [-0.39, 0.29) is 5.91 Å². The standard InChI is InChI=1S/C20H26N2O4S/c1-4-19(22(27(3,24)25)17-11-7-6-8-12-17)20(23)21-15-16-10-9-13-18(14-16)26-5-2/h6-14,19H,4-5,15H2,1-3H3,(H,21,23)/t19-/m0/s1. The van der Waals surface area contributed by atoms with Crippen molar-refractivity contribution in [1.29, 1.82) is 0 Å². The minimum atomic E-state index is -3.62. The molecular formula is C20H26N2O4S. The van der Waals surface area contributed by atoms with Crippen LogP contribution in [0.1, 0.15) is 25.8 Å². The van der Waals surface area contributed by atoms with Crippen LogP contribution in [0.25, 0.3) is 0 Å². The lowest BCUT2D eigenvalue weighted by Gasteiger charge is -2.30. The second-order valence-electron chi connectivity index (χ2n) is 6.12. The zero-order valence-corrected chi connectivity index (χ0v) is 16.7. The highest BCUT2D eigenvalue weighted by Crippen LogP contribution is 2.22. The van der Waals surface area contributed by atoms with Crippen LogP contribution >= 0.6 is 0 Å². The van der Waals surface area contributed by atoms with Crippen molar-refractivity contribution >= 4 is 21.6 Å². The Morgan fingerprint density at radius 3 is 2.41 bits per heavy atom. The van der Waals surface area contributed by atoms with E-state index in [9.17, 15) is 13.2 Å². The van der Waals surface area contributed by atoms with Crippen molar-refractivity contribution in [2.75, 3.05) is 17.2 Å². The molecule has 1 amide bonds. The lowest BCUT2D eigenvalue weighted by atomic mass is 10.1. The highest BCUT2D eigenvalue weighted by Gasteiger charge is 2.31. The van der Waals surface area contributed by atoms with Gasteiger partial charge in [0.05, 0.1) is 18.6 Å². The summed E-state index contributed by atoms with van der Waals surface area (Å²) in [6.45, 7) is 4.56. The van der Waals surface area contributed by atoms with Gasteiger partial charge in [-0.15, -0.1) is 0 Å². The van der Waals surface area contributed by atoms with Gasteiger partial charge in [0.15, 0.2) is 0 Å². The molecule has 146 valence electrons. The number of carbonyl (C=O) groups excluding carboxylic acids is 1. The molecule has 1 atom stereocenters. The van der Waals surface area contributed by atoms with Gasteiger partial charge in [0, 0.05) is 6.54 Å². The highest BCUT2D eigenvalue weighted by atomic mass is 32.2. The molecule has 0 aliphatic carbocycles. The molecular weight excluding hydrogens is 364 g/mol. The Labute approximate surface area is 161 Å². The number of anilines is 1. The molecule has 0 saturated heterocycles. The zero-order valence-electron chi connectivity index (χ0n) is 15.9. The molecule has 7 heteroatoms. The van der Waals surface area contributed by atoms with Crippen molar-refractivity contribution in [3.63, 3.8) is 0 Å². The summed E-state index contributed by atoms with van der Waals surface area (Å²) in [6.07, 6.45) is 1.47. The number of carbonyl (C=O) groups is 1. The van der Waals surface area contributed by atoms with E-state index in [2.05, 4.69) is 5.32 Å². The largest absolute Gasteiger partial charge is 0.494 e. The van der Waals surface area contributed by atoms with Crippen LogP contribution in [0.15, 0.2) is 54.6 Å². The maximum atomic E-state index is 12.8. The molecule has 27 heavy (non-hydrogen) atoms. The van der Waals surface area contributed by atoms with E-state index in [0.717, 1.165) is 17.6 Å². The summed E-state index contributed by atoms with van der Waals surface area (Å²) in [6, 6.07) is 15.3. The molecule has 0 heterocycles. The zero-order chi connectivity index (χ0) is 19.9. The predicted octanol–water partition coefficient (Wildman–Crippen LogP) is 2.95. The molecule has 0 aliphatic heterocycles. The molecule has 0 fully saturated rings. The van der Waals surface area contributed by atoms with Crippen molar-refractivity contribution in [3.05, 3.63) is 60.2 Å². The van der Waals surface area contributed by atoms with Gasteiger partial charge in [0.2, 0.25) is 15.9 Å². The maximum absolute atomic E-state index is 12.8. The third kappa shape index (κ3) is 5.72. The third-order valence-electron chi connectivity index (χ3n) is 4.02. The van der Waals surface area contributed by atoms with Gasteiger partial charge in [-0.3, -0.25) is 9.10 Å². The fraction of sp³-hybridized carbons (Fsp3) is 0.350. The number of hydrogen-bond donors (Lipinski definition) is 1. The summed E-state index contributed by atoms with van der Waals surface area (Å²) >= 11 is 0. The summed E-state index contributed by atoms with van der Waals surface area (Å²) in [5.74, 6) is 0.395. The van der Waals surface area contributed by atoms with Crippen LogP contribution in [0.5, 0.6) is 5.75 Å². The van der Waals surface area contributed by atoms with E-state index < -0.39 is 16.1 Å². The Hall–Kier alpha value is -2.54. The molecule has 2 rings (SSSR count). The number of nitrogens with one attached hydrogen (secondary N) is 1. The molecule has 0 aromatic heterocycles. The maximum Gasteiger partial charge on any atom is 0.244 e. The van der Waals surface area contributed by atoms with E-state index in [0.29, 0.717) is 25.3 Å². The van der Waals surface area contributed by atoms with Gasteiger partial charge in [-0.1, -0.05) is 37.3 Å². The Morgan fingerprint density at radius 2 is 1.81 bits per heavy atom. The molecule has 1 N–H and O–H groups in total. The summed E-state index contributed by atoms with van der Waals surface area (Å²) in [5, 5.41) is 2.84. The smallest absolute Gasteiger partial charge is 0.244 e. The second kappa shape index (κ2) is 9.41. The van der Waals surface area contributed by atoms with E-state index >= 15 is 0 Å². The Morgan fingerprint density at radius 1 is 1.11 bits per heavy atom. The molecule has 0 aliphatic rings. The van der Waals surface area contributed by atoms with Gasteiger partial charge >= 0.3 is 0 Å². The van der Waals surface area contributed by atoms with Crippen molar-refractivity contribution in [2.24, 2.45) is 0 Å². The molecule has 0 bridgehead atoms. The summed E-state index contributed by atoms with van der Waals surface area (Å²) in [7, 11) is -3.62. The van der Waals surface area contributed by atoms with Crippen LogP contribution < -0.4 is 14.4 Å². The summed E-state index contributed by atoms with van der Waals surface area (Å²) in [4.78, 5) is 12.8. The minimum Gasteiger partial charge on any atom is -0.494 e. The van der Waals surface area contributed by atoms with Crippen LogP contribution in [0, 0.1) is 0 Å². The molecule has 0 spiro atoms. The van der Waals surface area contributed by atoms with Crippen molar-refractivity contribution in [1.82, 2.24) is 5.32 Å². The number of hydrogen-bond acceptors (Lipinski definition) is 4. The monoisotopic (exact) mass is 390 g/mol. The van der Waals surface area contributed by atoms with Gasteiger partial charge < -0.3 is 10.1 Å². The average molecular weight is 391 g/mol. The fourth-order valence-electron chi connectivity index (χ4n) is 2.85. The minimum absolute atomic E-state index is 0.294. The Balaban J connectivity index is 2.17. The first-order chi connectivity index (χ1) is 12.9. The number of rotatable bonds is 9. The van der Waals surface area contributed by atoms with E-state index in [1.165, 1.54) is 4.31 Å². The SMILES string of the molecule is CCOc1cccc(CNC(=O)[C@H](CC)N(c2ccccc2)S(C)(=O)=O)c1.